The molecule has 0 fully saturated rings. The Balaban J connectivity index is 5.11. The zero-order chi connectivity index (χ0) is 13.6. The van der Waals surface area contributed by atoms with Gasteiger partial charge in [0.25, 0.3) is 0 Å². The molecule has 17 heavy (non-hydrogen) atoms. The molecule has 0 aliphatic heterocycles. The summed E-state index contributed by atoms with van der Waals surface area (Å²) in [4.78, 5) is 0. The summed E-state index contributed by atoms with van der Waals surface area (Å²) in [6.45, 7) is 16.4. The maximum atomic E-state index is 6.33. The van der Waals surface area contributed by atoms with Crippen LogP contribution in [0.3, 0.4) is 0 Å². The molecule has 0 aliphatic carbocycles. The van der Waals surface area contributed by atoms with Gasteiger partial charge in [0, 0.05) is 6.04 Å². The third-order valence-corrected chi connectivity index (χ3v) is 5.03. The van der Waals surface area contributed by atoms with Gasteiger partial charge in [-0.05, 0) is 36.0 Å². The molecule has 0 aromatic carbocycles. The Labute approximate surface area is 110 Å². The van der Waals surface area contributed by atoms with E-state index in [0.717, 1.165) is 18.3 Å². The molecule has 0 radical (unpaired) electrons. The third-order valence-electron chi connectivity index (χ3n) is 5.03. The molecule has 0 aromatic rings. The Morgan fingerprint density at radius 1 is 1.00 bits per heavy atom. The normalized spacial score (nSPS) is 21.0. The standard InChI is InChI=1S/C16H35N/c1-8-11-16(7,13(6)15(17)10-3)14(9-2)12(4)5/h12-15H,8-11,17H2,1-7H3/t13-,14-,15-,16?/m0/s1. The lowest BCUT2D eigenvalue weighted by Crippen LogP contribution is -2.45. The first-order valence-electron chi connectivity index (χ1n) is 7.60. The third kappa shape index (κ3) is 3.98. The van der Waals surface area contributed by atoms with Crippen LogP contribution in [0, 0.1) is 23.2 Å². The van der Waals surface area contributed by atoms with E-state index in [1.54, 1.807) is 0 Å². The van der Waals surface area contributed by atoms with E-state index in [-0.39, 0.29) is 0 Å². The van der Waals surface area contributed by atoms with E-state index in [9.17, 15) is 0 Å². The van der Waals surface area contributed by atoms with Gasteiger partial charge in [0.05, 0.1) is 0 Å². The summed E-state index contributed by atoms with van der Waals surface area (Å²) in [6.07, 6.45) is 4.93. The minimum absolute atomic E-state index is 0.347. The SMILES string of the molecule is CCCC(C)([C@@H](CC)C(C)C)[C@@H](C)[C@@H](N)CC. The van der Waals surface area contributed by atoms with Gasteiger partial charge in [-0.25, -0.2) is 0 Å². The molecule has 1 heteroatoms. The van der Waals surface area contributed by atoms with Gasteiger partial charge in [-0.1, -0.05) is 61.3 Å². The monoisotopic (exact) mass is 241 g/mol. The van der Waals surface area contributed by atoms with Crippen LogP contribution >= 0.6 is 0 Å². The first kappa shape index (κ1) is 17.0. The zero-order valence-corrected chi connectivity index (χ0v) is 13.2. The van der Waals surface area contributed by atoms with Crippen molar-refractivity contribution in [3.05, 3.63) is 0 Å². The molecule has 4 atom stereocenters. The van der Waals surface area contributed by atoms with Crippen LogP contribution in [0.2, 0.25) is 0 Å². The largest absolute Gasteiger partial charge is 0.327 e. The summed E-state index contributed by atoms with van der Waals surface area (Å²) in [5, 5.41) is 0. The zero-order valence-electron chi connectivity index (χ0n) is 13.2. The quantitative estimate of drug-likeness (QED) is 0.646. The highest BCUT2D eigenvalue weighted by molar-refractivity contribution is 4.91. The average Bonchev–Trinajstić information content (AvgIpc) is 2.27. The van der Waals surface area contributed by atoms with Crippen LogP contribution in [0.25, 0.3) is 0 Å². The van der Waals surface area contributed by atoms with Crippen molar-refractivity contribution in [3.63, 3.8) is 0 Å². The summed E-state index contributed by atoms with van der Waals surface area (Å²) in [5.74, 6) is 2.15. The second-order valence-electron chi connectivity index (χ2n) is 6.38. The minimum atomic E-state index is 0.347. The topological polar surface area (TPSA) is 26.0 Å². The van der Waals surface area contributed by atoms with E-state index >= 15 is 0 Å². The Morgan fingerprint density at radius 3 is 1.82 bits per heavy atom. The van der Waals surface area contributed by atoms with Gasteiger partial charge in [-0.3, -0.25) is 0 Å². The van der Waals surface area contributed by atoms with E-state index in [2.05, 4.69) is 48.5 Å². The second-order valence-corrected chi connectivity index (χ2v) is 6.38. The molecule has 0 aliphatic rings. The minimum Gasteiger partial charge on any atom is -0.327 e. The molecule has 2 N–H and O–H groups in total. The van der Waals surface area contributed by atoms with Crippen molar-refractivity contribution in [2.24, 2.45) is 28.9 Å². The van der Waals surface area contributed by atoms with E-state index in [1.165, 1.54) is 19.3 Å². The Kier molecular flexibility index (Phi) is 7.39. The van der Waals surface area contributed by atoms with Gasteiger partial charge >= 0.3 is 0 Å². The molecule has 0 bridgehead atoms. The van der Waals surface area contributed by atoms with Gasteiger partial charge < -0.3 is 5.73 Å². The molecule has 0 aromatic heterocycles. The lowest BCUT2D eigenvalue weighted by Gasteiger charge is -2.46. The fourth-order valence-electron chi connectivity index (χ4n) is 3.83. The highest BCUT2D eigenvalue weighted by atomic mass is 14.7. The van der Waals surface area contributed by atoms with E-state index in [1.807, 2.05) is 0 Å². The number of hydrogen-bond donors (Lipinski definition) is 1. The Morgan fingerprint density at radius 2 is 1.53 bits per heavy atom. The van der Waals surface area contributed by atoms with Crippen LogP contribution in [0.15, 0.2) is 0 Å². The highest BCUT2D eigenvalue weighted by Gasteiger charge is 2.40. The number of nitrogens with two attached hydrogens (primary N) is 1. The van der Waals surface area contributed by atoms with Crippen molar-refractivity contribution in [1.82, 2.24) is 0 Å². The molecule has 0 saturated carbocycles. The van der Waals surface area contributed by atoms with Gasteiger partial charge in [-0.2, -0.15) is 0 Å². The maximum absolute atomic E-state index is 6.33. The van der Waals surface area contributed by atoms with Crippen molar-refractivity contribution in [2.75, 3.05) is 0 Å². The van der Waals surface area contributed by atoms with Crippen molar-refractivity contribution in [1.29, 1.82) is 0 Å². The summed E-state index contributed by atoms with van der Waals surface area (Å²) in [6, 6.07) is 0.347. The van der Waals surface area contributed by atoms with E-state index in [4.69, 9.17) is 5.73 Å². The average molecular weight is 241 g/mol. The molecule has 0 spiro atoms. The first-order chi connectivity index (χ1) is 7.84. The van der Waals surface area contributed by atoms with Crippen molar-refractivity contribution in [2.45, 2.75) is 80.2 Å². The Hall–Kier alpha value is -0.0400. The van der Waals surface area contributed by atoms with Crippen LogP contribution in [0.1, 0.15) is 74.1 Å². The number of hydrogen-bond acceptors (Lipinski definition) is 1. The van der Waals surface area contributed by atoms with Gasteiger partial charge in [0.2, 0.25) is 0 Å². The smallest absolute Gasteiger partial charge is 0.00672 e. The lowest BCUT2D eigenvalue weighted by molar-refractivity contribution is 0.0388. The van der Waals surface area contributed by atoms with Crippen LogP contribution < -0.4 is 5.73 Å². The summed E-state index contributed by atoms with van der Waals surface area (Å²) in [7, 11) is 0. The summed E-state index contributed by atoms with van der Waals surface area (Å²) < 4.78 is 0. The summed E-state index contributed by atoms with van der Waals surface area (Å²) in [5.41, 5.74) is 6.72. The highest BCUT2D eigenvalue weighted by Crippen LogP contribution is 2.46. The van der Waals surface area contributed by atoms with Gasteiger partial charge in [0.15, 0.2) is 0 Å². The molecule has 0 saturated heterocycles. The first-order valence-corrected chi connectivity index (χ1v) is 7.60. The molecule has 104 valence electrons. The van der Waals surface area contributed by atoms with Crippen LogP contribution in [-0.4, -0.2) is 6.04 Å². The molecule has 1 unspecified atom stereocenters. The fourth-order valence-corrected chi connectivity index (χ4v) is 3.83. The number of rotatable bonds is 8. The lowest BCUT2D eigenvalue weighted by atomic mass is 9.59. The van der Waals surface area contributed by atoms with Crippen LogP contribution in [0.5, 0.6) is 0 Å². The molecule has 0 amide bonds. The molecule has 1 nitrogen and oxygen atoms in total. The summed E-state index contributed by atoms with van der Waals surface area (Å²) >= 11 is 0. The predicted octanol–water partition coefficient (Wildman–Crippen LogP) is 4.85. The van der Waals surface area contributed by atoms with E-state index in [0.29, 0.717) is 17.4 Å². The fraction of sp³-hybridized carbons (Fsp3) is 1.00. The Bertz CT molecular complexity index is 200. The second kappa shape index (κ2) is 7.41. The van der Waals surface area contributed by atoms with Crippen LogP contribution in [-0.2, 0) is 0 Å². The maximum Gasteiger partial charge on any atom is 0.00672 e. The van der Waals surface area contributed by atoms with Gasteiger partial charge in [-0.15, -0.1) is 0 Å². The molecule has 0 rings (SSSR count). The van der Waals surface area contributed by atoms with E-state index < -0.39 is 0 Å². The molecule has 0 heterocycles. The van der Waals surface area contributed by atoms with Crippen molar-refractivity contribution >= 4 is 0 Å². The molecular formula is C16H35N. The molecular weight excluding hydrogens is 206 g/mol. The van der Waals surface area contributed by atoms with Crippen molar-refractivity contribution < 1.29 is 0 Å². The predicted molar refractivity (Wildman–Crippen MR) is 79.1 cm³/mol. The van der Waals surface area contributed by atoms with Crippen molar-refractivity contribution in [3.8, 4) is 0 Å². The van der Waals surface area contributed by atoms with Crippen LogP contribution in [0.4, 0.5) is 0 Å². The van der Waals surface area contributed by atoms with Gasteiger partial charge in [0.1, 0.15) is 0 Å².